The van der Waals surface area contributed by atoms with E-state index in [0.29, 0.717) is 21.7 Å². The Labute approximate surface area is 176 Å². The van der Waals surface area contributed by atoms with E-state index in [-0.39, 0.29) is 15.8 Å². The zero-order chi connectivity index (χ0) is 21.7. The van der Waals surface area contributed by atoms with Gasteiger partial charge in [0.1, 0.15) is 10.7 Å². The first-order chi connectivity index (χ1) is 14.5. The lowest BCUT2D eigenvalue weighted by Gasteiger charge is -2.07. The quantitative estimate of drug-likeness (QED) is 0.668. The maximum Gasteiger partial charge on any atom is 0.273 e. The molecule has 1 aromatic heterocycles. The Balaban J connectivity index is 2.36. The van der Waals surface area contributed by atoms with Crippen molar-refractivity contribution in [2.75, 3.05) is 21.3 Å². The summed E-state index contributed by atoms with van der Waals surface area (Å²) in [4.78, 5) is 25.5. The predicted octanol–water partition coefficient (Wildman–Crippen LogP) is 1.17. The van der Waals surface area contributed by atoms with E-state index in [9.17, 15) is 14.9 Å². The zero-order valence-electron chi connectivity index (χ0n) is 16.6. The van der Waals surface area contributed by atoms with Crippen LogP contribution in [0.25, 0.3) is 17.3 Å². The van der Waals surface area contributed by atoms with Crippen molar-refractivity contribution in [3.05, 3.63) is 73.6 Å². The highest BCUT2D eigenvalue weighted by molar-refractivity contribution is 7.07. The van der Waals surface area contributed by atoms with E-state index in [1.807, 2.05) is 12.1 Å². The van der Waals surface area contributed by atoms with Crippen LogP contribution in [0.3, 0.4) is 0 Å². The molecule has 0 radical (unpaired) electrons. The molecule has 0 fully saturated rings. The highest BCUT2D eigenvalue weighted by atomic mass is 32.1. The second kappa shape index (κ2) is 9.11. The van der Waals surface area contributed by atoms with Gasteiger partial charge in [-0.2, -0.15) is 5.26 Å². The molecule has 0 unspecified atom stereocenters. The van der Waals surface area contributed by atoms with Crippen molar-refractivity contribution in [2.24, 2.45) is 0 Å². The number of aromatic nitrogens is 1. The summed E-state index contributed by atoms with van der Waals surface area (Å²) in [5.74, 6) is 0.546. The van der Waals surface area contributed by atoms with E-state index < -0.39 is 5.91 Å². The number of nitriles is 1. The standard InChI is InChI=1S/C22H19N3O4S/c1-24-20(26)16(13-23)22-25(15-7-5-4-6-8-15)21(27)19(30-22)12-14-9-10-17(28-2)18(11-14)29-3/h4-12H,1-3H3,(H,24,26)/b19-12+,22-16+. The molecule has 0 aliphatic carbocycles. The van der Waals surface area contributed by atoms with E-state index in [2.05, 4.69) is 5.32 Å². The molecule has 2 aromatic carbocycles. The summed E-state index contributed by atoms with van der Waals surface area (Å²) in [6, 6.07) is 16.1. The van der Waals surface area contributed by atoms with Crippen LogP contribution >= 0.6 is 11.3 Å². The lowest BCUT2D eigenvalue weighted by Crippen LogP contribution is -2.33. The summed E-state index contributed by atoms with van der Waals surface area (Å²) < 4.78 is 12.6. The number of carbonyl (C=O) groups is 1. The predicted molar refractivity (Wildman–Crippen MR) is 115 cm³/mol. The normalized spacial score (nSPS) is 12.1. The fraction of sp³-hybridized carbons (Fsp3) is 0.136. The third-order valence-corrected chi connectivity index (χ3v) is 5.42. The van der Waals surface area contributed by atoms with Crippen molar-refractivity contribution in [1.82, 2.24) is 9.88 Å². The summed E-state index contributed by atoms with van der Waals surface area (Å²) in [5, 5.41) is 12.0. The number of thiazole rings is 1. The first-order valence-corrected chi connectivity index (χ1v) is 9.73. The average molecular weight is 421 g/mol. The largest absolute Gasteiger partial charge is 0.493 e. The van der Waals surface area contributed by atoms with Crippen LogP contribution in [0.2, 0.25) is 0 Å². The molecular formula is C22H19N3O4S. The van der Waals surface area contributed by atoms with E-state index in [1.54, 1.807) is 55.7 Å². The molecule has 1 heterocycles. The average Bonchev–Trinajstić information content (AvgIpc) is 3.10. The first kappa shape index (κ1) is 20.9. The van der Waals surface area contributed by atoms with Gasteiger partial charge in [0.15, 0.2) is 17.1 Å². The molecule has 0 saturated heterocycles. The Morgan fingerprint density at radius 2 is 1.83 bits per heavy atom. The molecule has 0 bridgehead atoms. The number of para-hydroxylation sites is 1. The minimum Gasteiger partial charge on any atom is -0.493 e. The first-order valence-electron chi connectivity index (χ1n) is 8.91. The number of nitrogens with one attached hydrogen (secondary N) is 1. The van der Waals surface area contributed by atoms with Crippen molar-refractivity contribution >= 4 is 28.9 Å². The number of nitrogens with zero attached hydrogens (tertiary/aromatic N) is 2. The smallest absolute Gasteiger partial charge is 0.273 e. The number of methoxy groups -OCH3 is 2. The van der Waals surface area contributed by atoms with E-state index in [4.69, 9.17) is 9.47 Å². The second-order valence-electron chi connectivity index (χ2n) is 6.07. The van der Waals surface area contributed by atoms with Crippen LogP contribution in [0.5, 0.6) is 11.5 Å². The molecule has 1 amide bonds. The van der Waals surface area contributed by atoms with Gasteiger partial charge in [0.2, 0.25) is 0 Å². The summed E-state index contributed by atoms with van der Waals surface area (Å²) in [6.07, 6.45) is 1.69. The molecule has 0 atom stereocenters. The summed E-state index contributed by atoms with van der Waals surface area (Å²) in [6.45, 7) is 0. The Morgan fingerprint density at radius 3 is 2.43 bits per heavy atom. The van der Waals surface area contributed by atoms with Crippen molar-refractivity contribution in [3.63, 3.8) is 0 Å². The van der Waals surface area contributed by atoms with Gasteiger partial charge in [-0.15, -0.1) is 11.3 Å². The Morgan fingerprint density at radius 1 is 1.13 bits per heavy atom. The van der Waals surface area contributed by atoms with Gasteiger partial charge in [-0.25, -0.2) is 0 Å². The Hall–Kier alpha value is -3.83. The molecule has 3 aromatic rings. The molecule has 7 nitrogen and oxygen atoms in total. The SMILES string of the molecule is CNC(=O)/C(C#N)=c1/s/c(=C/c2ccc(OC)c(OC)c2)c(=O)n1-c1ccccc1. The molecule has 0 spiro atoms. The van der Waals surface area contributed by atoms with Crippen LogP contribution in [0, 0.1) is 11.3 Å². The van der Waals surface area contributed by atoms with Gasteiger partial charge >= 0.3 is 0 Å². The fourth-order valence-corrected chi connectivity index (χ4v) is 3.98. The van der Waals surface area contributed by atoms with Gasteiger partial charge in [0.05, 0.1) is 24.4 Å². The van der Waals surface area contributed by atoms with Crippen molar-refractivity contribution in [2.45, 2.75) is 0 Å². The number of carbonyl (C=O) groups excluding carboxylic acids is 1. The van der Waals surface area contributed by atoms with Gasteiger partial charge in [-0.05, 0) is 35.9 Å². The van der Waals surface area contributed by atoms with Crippen LogP contribution in [0.15, 0.2) is 53.3 Å². The topological polar surface area (TPSA) is 93.4 Å². The van der Waals surface area contributed by atoms with Crippen molar-refractivity contribution < 1.29 is 14.3 Å². The van der Waals surface area contributed by atoms with Gasteiger partial charge in [-0.1, -0.05) is 24.3 Å². The number of amides is 1. The molecule has 1 N–H and O–H groups in total. The van der Waals surface area contributed by atoms with E-state index >= 15 is 0 Å². The molecule has 0 aliphatic heterocycles. The van der Waals surface area contributed by atoms with Crippen LogP contribution in [-0.2, 0) is 4.79 Å². The highest BCUT2D eigenvalue weighted by Gasteiger charge is 2.16. The monoisotopic (exact) mass is 421 g/mol. The summed E-state index contributed by atoms with van der Waals surface area (Å²) in [5.41, 5.74) is 0.830. The number of rotatable bonds is 5. The zero-order valence-corrected chi connectivity index (χ0v) is 17.4. The van der Waals surface area contributed by atoms with Crippen LogP contribution in [0.1, 0.15) is 5.56 Å². The molecule has 30 heavy (non-hydrogen) atoms. The fourth-order valence-electron chi connectivity index (χ4n) is 2.88. The second-order valence-corrected chi connectivity index (χ2v) is 7.10. The number of hydrogen-bond acceptors (Lipinski definition) is 6. The lowest BCUT2D eigenvalue weighted by atomic mass is 10.2. The molecule has 152 valence electrons. The van der Waals surface area contributed by atoms with Gasteiger partial charge in [0, 0.05) is 7.05 Å². The minimum absolute atomic E-state index is 0.129. The van der Waals surface area contributed by atoms with Crippen LogP contribution in [0.4, 0.5) is 0 Å². The van der Waals surface area contributed by atoms with Crippen molar-refractivity contribution in [1.29, 1.82) is 5.26 Å². The summed E-state index contributed by atoms with van der Waals surface area (Å²) >= 11 is 1.08. The van der Waals surface area contributed by atoms with Crippen LogP contribution < -0.4 is 29.5 Å². The van der Waals surface area contributed by atoms with E-state index in [1.165, 1.54) is 18.7 Å². The van der Waals surface area contributed by atoms with Gasteiger partial charge < -0.3 is 14.8 Å². The third kappa shape index (κ3) is 3.97. The van der Waals surface area contributed by atoms with Gasteiger partial charge in [-0.3, -0.25) is 14.2 Å². The highest BCUT2D eigenvalue weighted by Crippen LogP contribution is 2.27. The number of hydrogen-bond donors (Lipinski definition) is 1. The molecule has 0 saturated carbocycles. The maximum absolute atomic E-state index is 13.2. The molecule has 8 heteroatoms. The van der Waals surface area contributed by atoms with Gasteiger partial charge in [0.25, 0.3) is 11.5 Å². The maximum atomic E-state index is 13.2. The molecule has 3 rings (SSSR count). The van der Waals surface area contributed by atoms with Crippen LogP contribution in [-0.4, -0.2) is 31.7 Å². The third-order valence-electron chi connectivity index (χ3n) is 4.32. The number of ether oxygens (including phenoxy) is 2. The molecular weight excluding hydrogens is 402 g/mol. The minimum atomic E-state index is -0.555. The van der Waals surface area contributed by atoms with E-state index in [0.717, 1.165) is 16.9 Å². The molecule has 0 aliphatic rings. The van der Waals surface area contributed by atoms with Crippen molar-refractivity contribution in [3.8, 4) is 23.3 Å². The summed E-state index contributed by atoms with van der Waals surface area (Å²) in [7, 11) is 4.52. The number of benzene rings is 2. The lowest BCUT2D eigenvalue weighted by molar-refractivity contribution is -0.115. The Kier molecular flexibility index (Phi) is 6.35. The Bertz CT molecular complexity index is 1300.